The minimum atomic E-state index is -0.891. The number of rotatable bonds is 7. The van der Waals surface area contributed by atoms with E-state index >= 15 is 0 Å². The van der Waals surface area contributed by atoms with E-state index in [-0.39, 0.29) is 24.0 Å². The van der Waals surface area contributed by atoms with Gasteiger partial charge in [0.25, 0.3) is 0 Å². The smallest absolute Gasteiger partial charge is 0.326 e. The van der Waals surface area contributed by atoms with Crippen molar-refractivity contribution in [2.24, 2.45) is 5.41 Å². The van der Waals surface area contributed by atoms with Gasteiger partial charge in [0.1, 0.15) is 11.6 Å². The van der Waals surface area contributed by atoms with Crippen LogP contribution >= 0.6 is 11.6 Å². The van der Waals surface area contributed by atoms with E-state index in [1.54, 1.807) is 6.07 Å². The molecule has 0 bridgehead atoms. The summed E-state index contributed by atoms with van der Waals surface area (Å²) in [5.41, 5.74) is 1.08. The number of nitrogens with zero attached hydrogens (tertiary/aromatic N) is 3. The summed E-state index contributed by atoms with van der Waals surface area (Å²) in [6, 6.07) is 9.97. The molecule has 3 N–H and O–H groups in total. The summed E-state index contributed by atoms with van der Waals surface area (Å²) in [6.45, 7) is 1.09. The third-order valence-corrected chi connectivity index (χ3v) is 5.74. The van der Waals surface area contributed by atoms with Gasteiger partial charge in [-0.15, -0.1) is 0 Å². The minimum Gasteiger partial charge on any atom is -0.421 e. The summed E-state index contributed by atoms with van der Waals surface area (Å²) < 4.78 is 38.1. The van der Waals surface area contributed by atoms with Gasteiger partial charge in [0.2, 0.25) is 0 Å². The van der Waals surface area contributed by atoms with Gasteiger partial charge >= 0.3 is 6.01 Å². The monoisotopic (exact) mass is 473 g/mol. The maximum absolute atomic E-state index is 14.1. The maximum Gasteiger partial charge on any atom is 0.326 e. The van der Waals surface area contributed by atoms with Gasteiger partial charge < -0.3 is 19.9 Å². The second-order valence-electron chi connectivity index (χ2n) is 7.81. The SMILES string of the molecule is OCC1(CNc2nc(Oc3ccc(F)cc3F)nc3n[nH]c(-c4ccccc4Cl)c23)COC1. The van der Waals surface area contributed by atoms with Crippen LogP contribution in [0.15, 0.2) is 42.5 Å². The van der Waals surface area contributed by atoms with Crippen LogP contribution in [0.25, 0.3) is 22.3 Å². The van der Waals surface area contributed by atoms with Crippen LogP contribution in [0.3, 0.4) is 0 Å². The Kier molecular flexibility index (Phi) is 5.57. The lowest BCUT2D eigenvalue weighted by Crippen LogP contribution is -2.50. The number of aromatic nitrogens is 4. The number of nitrogens with one attached hydrogen (secondary N) is 2. The molecule has 0 radical (unpaired) electrons. The lowest BCUT2D eigenvalue weighted by atomic mass is 9.87. The van der Waals surface area contributed by atoms with Gasteiger partial charge in [0.05, 0.1) is 36.3 Å². The number of ether oxygens (including phenoxy) is 2. The molecule has 0 amide bonds. The zero-order chi connectivity index (χ0) is 23.0. The largest absolute Gasteiger partial charge is 0.421 e. The Balaban J connectivity index is 1.58. The van der Waals surface area contributed by atoms with Gasteiger partial charge in [0, 0.05) is 23.2 Å². The van der Waals surface area contributed by atoms with Crippen molar-refractivity contribution >= 4 is 28.5 Å². The lowest BCUT2D eigenvalue weighted by Gasteiger charge is -2.40. The molecule has 0 atom stereocenters. The highest BCUT2D eigenvalue weighted by Gasteiger charge is 2.38. The Morgan fingerprint density at radius 2 is 2.00 bits per heavy atom. The molecule has 0 unspecified atom stereocenters. The first-order chi connectivity index (χ1) is 16.0. The zero-order valence-electron chi connectivity index (χ0n) is 17.1. The van der Waals surface area contributed by atoms with E-state index in [4.69, 9.17) is 21.1 Å². The molecule has 0 saturated carbocycles. The number of anilines is 1. The number of aliphatic hydroxyl groups is 1. The quantitative estimate of drug-likeness (QED) is 0.370. The van der Waals surface area contributed by atoms with E-state index in [1.807, 2.05) is 18.2 Å². The van der Waals surface area contributed by atoms with Crippen molar-refractivity contribution < 1.29 is 23.4 Å². The van der Waals surface area contributed by atoms with Crippen LogP contribution in [-0.2, 0) is 4.74 Å². The summed E-state index contributed by atoms with van der Waals surface area (Å²) in [7, 11) is 0. The molecule has 8 nitrogen and oxygen atoms in total. The van der Waals surface area contributed by atoms with Gasteiger partial charge in [-0.05, 0) is 18.2 Å². The van der Waals surface area contributed by atoms with E-state index in [0.29, 0.717) is 53.3 Å². The summed E-state index contributed by atoms with van der Waals surface area (Å²) >= 11 is 6.39. The van der Waals surface area contributed by atoms with Gasteiger partial charge in [-0.3, -0.25) is 5.10 Å². The second kappa shape index (κ2) is 8.54. The fraction of sp³-hybridized carbons (Fsp3) is 0.227. The van der Waals surface area contributed by atoms with Crippen LogP contribution in [0, 0.1) is 17.0 Å². The van der Waals surface area contributed by atoms with E-state index in [9.17, 15) is 13.9 Å². The van der Waals surface area contributed by atoms with E-state index in [0.717, 1.165) is 12.1 Å². The Hall–Kier alpha value is -3.34. The first-order valence-corrected chi connectivity index (χ1v) is 10.4. The van der Waals surface area contributed by atoms with Crippen LogP contribution in [-0.4, -0.2) is 51.6 Å². The van der Waals surface area contributed by atoms with Gasteiger partial charge in [-0.25, -0.2) is 8.78 Å². The molecule has 1 aliphatic rings. The molecule has 2 aromatic carbocycles. The van der Waals surface area contributed by atoms with Crippen LogP contribution in [0.1, 0.15) is 0 Å². The molecule has 1 fully saturated rings. The van der Waals surface area contributed by atoms with Crippen LogP contribution < -0.4 is 10.1 Å². The van der Waals surface area contributed by atoms with Gasteiger partial charge in [-0.1, -0.05) is 29.8 Å². The van der Waals surface area contributed by atoms with Gasteiger partial charge in [-0.2, -0.15) is 15.1 Å². The number of aromatic amines is 1. The number of aliphatic hydroxyl groups excluding tert-OH is 1. The molecular formula is C22H18ClF2N5O3. The molecule has 11 heteroatoms. The molecule has 170 valence electrons. The number of fused-ring (bicyclic) bond motifs is 1. The van der Waals surface area contributed by atoms with Crippen molar-refractivity contribution in [1.82, 2.24) is 20.2 Å². The van der Waals surface area contributed by atoms with Crippen molar-refractivity contribution in [3.63, 3.8) is 0 Å². The normalized spacial score (nSPS) is 14.8. The third kappa shape index (κ3) is 4.08. The van der Waals surface area contributed by atoms with Crippen LogP contribution in [0.5, 0.6) is 11.8 Å². The first kappa shape index (κ1) is 21.5. The highest BCUT2D eigenvalue weighted by molar-refractivity contribution is 6.33. The Morgan fingerprint density at radius 1 is 1.18 bits per heavy atom. The summed E-state index contributed by atoms with van der Waals surface area (Å²) in [4.78, 5) is 8.69. The predicted octanol–water partition coefficient (Wildman–Crippen LogP) is 4.16. The zero-order valence-corrected chi connectivity index (χ0v) is 17.9. The topological polar surface area (TPSA) is 105 Å². The Bertz CT molecular complexity index is 1320. The molecule has 5 rings (SSSR count). The Labute approximate surface area is 191 Å². The molecule has 3 heterocycles. The van der Waals surface area contributed by atoms with Crippen molar-refractivity contribution in [2.75, 3.05) is 31.7 Å². The van der Waals surface area contributed by atoms with Crippen LogP contribution in [0.4, 0.5) is 14.6 Å². The number of hydrogen-bond acceptors (Lipinski definition) is 7. The third-order valence-electron chi connectivity index (χ3n) is 5.41. The molecule has 0 spiro atoms. The predicted molar refractivity (Wildman–Crippen MR) is 117 cm³/mol. The average molecular weight is 474 g/mol. The first-order valence-electron chi connectivity index (χ1n) is 10.0. The maximum atomic E-state index is 14.1. The van der Waals surface area contributed by atoms with E-state index < -0.39 is 17.0 Å². The van der Waals surface area contributed by atoms with Crippen LogP contribution in [0.2, 0.25) is 5.02 Å². The van der Waals surface area contributed by atoms with Crippen molar-refractivity contribution in [3.8, 4) is 23.0 Å². The van der Waals surface area contributed by atoms with Crippen molar-refractivity contribution in [1.29, 1.82) is 0 Å². The molecule has 1 aliphatic heterocycles. The standard InChI is InChI=1S/C22H18ClF2N5O3/c23-14-4-2-1-3-13(14)18-17-19(26-8-22(9-31)10-32-11-22)27-21(28-20(17)30-29-18)33-16-6-5-12(24)7-15(16)25/h1-7,31H,8-11H2,(H2,26,27,28,29,30). The summed E-state index contributed by atoms with van der Waals surface area (Å²) in [6.07, 6.45) is 0. The molecule has 0 aliphatic carbocycles. The highest BCUT2D eigenvalue weighted by Crippen LogP contribution is 2.37. The second-order valence-corrected chi connectivity index (χ2v) is 8.22. The molecule has 2 aromatic heterocycles. The molecular weight excluding hydrogens is 456 g/mol. The van der Waals surface area contributed by atoms with Crippen molar-refractivity contribution in [3.05, 3.63) is 59.1 Å². The number of H-pyrrole nitrogens is 1. The molecule has 1 saturated heterocycles. The lowest BCUT2D eigenvalue weighted by molar-refractivity contribution is -0.128. The van der Waals surface area contributed by atoms with E-state index in [2.05, 4.69) is 25.5 Å². The fourth-order valence-electron chi connectivity index (χ4n) is 3.50. The average Bonchev–Trinajstić information content (AvgIpc) is 3.19. The number of halogens is 3. The summed E-state index contributed by atoms with van der Waals surface area (Å²) in [5, 5.41) is 21.2. The fourth-order valence-corrected chi connectivity index (χ4v) is 3.73. The number of hydrogen-bond donors (Lipinski definition) is 3. The minimum absolute atomic E-state index is 0.0683. The van der Waals surface area contributed by atoms with Crippen molar-refractivity contribution in [2.45, 2.75) is 0 Å². The number of benzene rings is 2. The summed E-state index contributed by atoms with van der Waals surface area (Å²) in [5.74, 6) is -1.51. The van der Waals surface area contributed by atoms with Gasteiger partial charge in [0.15, 0.2) is 17.2 Å². The Morgan fingerprint density at radius 3 is 2.70 bits per heavy atom. The molecule has 33 heavy (non-hydrogen) atoms. The van der Waals surface area contributed by atoms with E-state index in [1.165, 1.54) is 0 Å². The molecule has 4 aromatic rings. The highest BCUT2D eigenvalue weighted by atomic mass is 35.5.